The van der Waals surface area contributed by atoms with Crippen molar-refractivity contribution in [3.63, 3.8) is 0 Å². The first-order valence-corrected chi connectivity index (χ1v) is 6.43. The number of piperazine rings is 1. The maximum Gasteiger partial charge on any atom is 0.165 e. The molecule has 1 aromatic carbocycles. The van der Waals surface area contributed by atoms with Gasteiger partial charge in [-0.3, -0.25) is 0 Å². The number of benzene rings is 1. The summed E-state index contributed by atoms with van der Waals surface area (Å²) >= 11 is 0. The van der Waals surface area contributed by atoms with Gasteiger partial charge >= 0.3 is 0 Å². The van der Waals surface area contributed by atoms with Gasteiger partial charge in [0.05, 0.1) is 7.11 Å². The van der Waals surface area contributed by atoms with Crippen molar-refractivity contribution in [2.75, 3.05) is 33.8 Å². The molecule has 0 aliphatic carbocycles. The van der Waals surface area contributed by atoms with Crippen LogP contribution in [-0.4, -0.2) is 44.7 Å². The van der Waals surface area contributed by atoms with Crippen molar-refractivity contribution in [3.8, 4) is 5.75 Å². The molecular weight excluding hydrogens is 231 g/mol. The lowest BCUT2D eigenvalue weighted by atomic mass is 10.0. The lowest BCUT2D eigenvalue weighted by Crippen LogP contribution is -2.49. The molecule has 0 aromatic heterocycles. The Morgan fingerprint density at radius 1 is 1.50 bits per heavy atom. The van der Waals surface area contributed by atoms with Crippen LogP contribution >= 0.6 is 0 Å². The van der Waals surface area contributed by atoms with Crippen molar-refractivity contribution in [2.24, 2.45) is 0 Å². The largest absolute Gasteiger partial charge is 0.494 e. The second-order valence-electron chi connectivity index (χ2n) is 4.92. The molecule has 4 heteroatoms. The fourth-order valence-corrected chi connectivity index (χ4v) is 2.39. The number of hydrogen-bond donors (Lipinski definition) is 1. The van der Waals surface area contributed by atoms with Crippen LogP contribution < -0.4 is 10.1 Å². The molecular formula is C14H21FN2O. The molecule has 0 bridgehead atoms. The van der Waals surface area contributed by atoms with E-state index < -0.39 is 0 Å². The summed E-state index contributed by atoms with van der Waals surface area (Å²) in [6, 6.07) is 5.72. The van der Waals surface area contributed by atoms with Crippen LogP contribution in [-0.2, 0) is 6.42 Å². The van der Waals surface area contributed by atoms with E-state index in [1.54, 1.807) is 12.1 Å². The van der Waals surface area contributed by atoms with Crippen LogP contribution in [0, 0.1) is 5.82 Å². The van der Waals surface area contributed by atoms with Crippen LogP contribution in [0.5, 0.6) is 5.75 Å². The zero-order valence-electron chi connectivity index (χ0n) is 11.1. The van der Waals surface area contributed by atoms with Gasteiger partial charge in [-0.25, -0.2) is 4.39 Å². The summed E-state index contributed by atoms with van der Waals surface area (Å²) in [7, 11) is 3.63. The summed E-state index contributed by atoms with van der Waals surface area (Å²) < 4.78 is 18.4. The fourth-order valence-electron chi connectivity index (χ4n) is 2.39. The molecule has 0 saturated carbocycles. The first kappa shape index (κ1) is 13.3. The molecule has 0 amide bonds. The standard InChI is InChI=1S/C14H21FN2O/c1-17-8-7-16-12(10-17)5-3-11-4-6-14(18-2)13(15)9-11/h4,6,9,12,16H,3,5,7-8,10H2,1-2H3. The number of halogens is 1. The molecule has 1 unspecified atom stereocenters. The Labute approximate surface area is 108 Å². The summed E-state index contributed by atoms with van der Waals surface area (Å²) in [5, 5.41) is 3.50. The molecule has 1 aliphatic rings. The van der Waals surface area contributed by atoms with Crippen molar-refractivity contribution >= 4 is 0 Å². The minimum atomic E-state index is -0.274. The summed E-state index contributed by atoms with van der Waals surface area (Å²) in [4.78, 5) is 2.33. The smallest absolute Gasteiger partial charge is 0.165 e. The number of aryl methyl sites for hydroxylation is 1. The Morgan fingerprint density at radius 2 is 2.33 bits per heavy atom. The van der Waals surface area contributed by atoms with Gasteiger partial charge in [0.1, 0.15) is 0 Å². The molecule has 1 fully saturated rings. The summed E-state index contributed by atoms with van der Waals surface area (Å²) in [6.07, 6.45) is 1.93. The molecule has 1 heterocycles. The second kappa shape index (κ2) is 6.16. The summed E-state index contributed by atoms with van der Waals surface area (Å²) in [5.41, 5.74) is 1.03. The molecule has 3 nitrogen and oxygen atoms in total. The van der Waals surface area contributed by atoms with E-state index in [2.05, 4.69) is 17.3 Å². The molecule has 1 atom stereocenters. The average molecular weight is 252 g/mol. The predicted molar refractivity (Wildman–Crippen MR) is 70.6 cm³/mol. The Hall–Kier alpha value is -1.13. The normalized spacial score (nSPS) is 20.9. The van der Waals surface area contributed by atoms with E-state index >= 15 is 0 Å². The molecule has 100 valence electrons. The van der Waals surface area contributed by atoms with Gasteiger partial charge in [0.2, 0.25) is 0 Å². The molecule has 1 aliphatic heterocycles. The Morgan fingerprint density at radius 3 is 3.00 bits per heavy atom. The van der Waals surface area contributed by atoms with Gasteiger partial charge in [-0.15, -0.1) is 0 Å². The van der Waals surface area contributed by atoms with Gasteiger partial charge in [0, 0.05) is 25.7 Å². The Kier molecular flexibility index (Phi) is 4.55. The minimum absolute atomic E-state index is 0.274. The van der Waals surface area contributed by atoms with E-state index in [-0.39, 0.29) is 5.82 Å². The van der Waals surface area contributed by atoms with E-state index in [0.29, 0.717) is 11.8 Å². The maximum absolute atomic E-state index is 13.5. The van der Waals surface area contributed by atoms with Crippen LogP contribution in [0.25, 0.3) is 0 Å². The monoisotopic (exact) mass is 252 g/mol. The maximum atomic E-state index is 13.5. The van der Waals surface area contributed by atoms with Crippen LogP contribution in [0.1, 0.15) is 12.0 Å². The predicted octanol–water partition coefficient (Wildman–Crippen LogP) is 1.67. The molecule has 0 spiro atoms. The number of ether oxygens (including phenoxy) is 1. The molecule has 1 saturated heterocycles. The molecule has 2 rings (SSSR count). The van der Waals surface area contributed by atoms with Crippen molar-refractivity contribution < 1.29 is 9.13 Å². The Balaban J connectivity index is 1.88. The van der Waals surface area contributed by atoms with Crippen LogP contribution in [0.2, 0.25) is 0 Å². The van der Waals surface area contributed by atoms with Gasteiger partial charge in [0.25, 0.3) is 0 Å². The van der Waals surface area contributed by atoms with Gasteiger partial charge in [-0.1, -0.05) is 6.07 Å². The highest BCUT2D eigenvalue weighted by Crippen LogP contribution is 2.19. The second-order valence-corrected chi connectivity index (χ2v) is 4.92. The van der Waals surface area contributed by atoms with Crippen LogP contribution in [0.4, 0.5) is 4.39 Å². The molecule has 1 aromatic rings. The quantitative estimate of drug-likeness (QED) is 0.882. The number of nitrogens with zero attached hydrogens (tertiary/aromatic N) is 1. The van der Waals surface area contributed by atoms with Crippen LogP contribution in [0.15, 0.2) is 18.2 Å². The highest BCUT2D eigenvalue weighted by molar-refractivity contribution is 5.29. The minimum Gasteiger partial charge on any atom is -0.494 e. The first-order valence-electron chi connectivity index (χ1n) is 6.43. The van der Waals surface area contributed by atoms with Gasteiger partial charge in [0.15, 0.2) is 11.6 Å². The zero-order chi connectivity index (χ0) is 13.0. The lowest BCUT2D eigenvalue weighted by molar-refractivity contribution is 0.232. The van der Waals surface area contributed by atoms with Crippen LogP contribution in [0.3, 0.4) is 0 Å². The van der Waals surface area contributed by atoms with E-state index in [9.17, 15) is 4.39 Å². The van der Waals surface area contributed by atoms with E-state index in [4.69, 9.17) is 4.74 Å². The topological polar surface area (TPSA) is 24.5 Å². The van der Waals surface area contributed by atoms with Gasteiger partial charge < -0.3 is 15.0 Å². The van der Waals surface area contributed by atoms with Gasteiger partial charge in [-0.05, 0) is 37.6 Å². The van der Waals surface area contributed by atoms with E-state index in [1.807, 2.05) is 6.07 Å². The Bertz CT molecular complexity index is 397. The lowest BCUT2D eigenvalue weighted by Gasteiger charge is -2.30. The fraction of sp³-hybridized carbons (Fsp3) is 0.571. The van der Waals surface area contributed by atoms with Gasteiger partial charge in [-0.2, -0.15) is 0 Å². The highest BCUT2D eigenvalue weighted by Gasteiger charge is 2.16. The molecule has 1 N–H and O–H groups in total. The van der Waals surface area contributed by atoms with Crippen molar-refractivity contribution in [1.29, 1.82) is 0 Å². The van der Waals surface area contributed by atoms with E-state index in [0.717, 1.165) is 38.0 Å². The highest BCUT2D eigenvalue weighted by atomic mass is 19.1. The molecule has 0 radical (unpaired) electrons. The molecule has 18 heavy (non-hydrogen) atoms. The third kappa shape index (κ3) is 3.43. The number of methoxy groups -OCH3 is 1. The summed E-state index contributed by atoms with van der Waals surface area (Å²) in [5.74, 6) is 0.0398. The third-order valence-electron chi connectivity index (χ3n) is 3.46. The number of hydrogen-bond acceptors (Lipinski definition) is 3. The van der Waals surface area contributed by atoms with Crippen molar-refractivity contribution in [3.05, 3.63) is 29.6 Å². The number of nitrogens with one attached hydrogen (secondary N) is 1. The van der Waals surface area contributed by atoms with Crippen molar-refractivity contribution in [2.45, 2.75) is 18.9 Å². The number of rotatable bonds is 4. The SMILES string of the molecule is COc1ccc(CCC2CN(C)CCN2)cc1F. The van der Waals surface area contributed by atoms with E-state index in [1.165, 1.54) is 7.11 Å². The number of likely N-dealkylation sites (N-methyl/N-ethyl adjacent to an activating group) is 1. The average Bonchev–Trinajstić information content (AvgIpc) is 2.37. The third-order valence-corrected chi connectivity index (χ3v) is 3.46. The zero-order valence-corrected chi connectivity index (χ0v) is 11.1. The summed E-state index contributed by atoms with van der Waals surface area (Å²) in [6.45, 7) is 3.21. The van der Waals surface area contributed by atoms with Crippen molar-refractivity contribution in [1.82, 2.24) is 10.2 Å². The first-order chi connectivity index (χ1) is 8.69.